The molecule has 0 aromatic carbocycles. The largest absolute Gasteiger partial charge is 0.472 e. The Morgan fingerprint density at radius 3 is 2.91 bits per heavy atom. The number of hydrogen-bond donors (Lipinski definition) is 0. The van der Waals surface area contributed by atoms with Gasteiger partial charge >= 0.3 is 5.97 Å². The molecule has 1 saturated heterocycles. The van der Waals surface area contributed by atoms with Crippen molar-refractivity contribution >= 4 is 5.97 Å². The van der Waals surface area contributed by atoms with Gasteiger partial charge in [0.15, 0.2) is 0 Å². The van der Waals surface area contributed by atoms with Crippen LogP contribution in [0.1, 0.15) is 31.6 Å². The van der Waals surface area contributed by atoms with Gasteiger partial charge in [-0.05, 0) is 38.9 Å². The first-order valence-corrected chi connectivity index (χ1v) is 7.50. The van der Waals surface area contributed by atoms with Crippen LogP contribution in [0, 0.1) is 0 Å². The van der Waals surface area contributed by atoms with Gasteiger partial charge in [-0.1, -0.05) is 0 Å². The number of furan rings is 1. The normalized spacial score (nSPS) is 16.8. The zero-order valence-electron chi connectivity index (χ0n) is 12.5. The molecule has 3 rings (SSSR count). The molecule has 0 amide bonds. The molecule has 2 aromatic heterocycles. The average Bonchev–Trinajstić information content (AvgIpc) is 3.19. The SMILES string of the molecule is CCOC(=O)CN1CCC(c2nnc(-c3ccoc3)o2)CC1. The van der Waals surface area contributed by atoms with Crippen LogP contribution in [0.3, 0.4) is 0 Å². The number of rotatable bonds is 5. The summed E-state index contributed by atoms with van der Waals surface area (Å²) in [5, 5.41) is 8.20. The van der Waals surface area contributed by atoms with Crippen LogP contribution in [0.25, 0.3) is 11.5 Å². The molecule has 3 heterocycles. The summed E-state index contributed by atoms with van der Waals surface area (Å²) in [5.41, 5.74) is 0.790. The van der Waals surface area contributed by atoms with Gasteiger partial charge in [0.05, 0.1) is 25.0 Å². The molecule has 22 heavy (non-hydrogen) atoms. The van der Waals surface area contributed by atoms with E-state index in [-0.39, 0.29) is 11.9 Å². The van der Waals surface area contributed by atoms with Crippen molar-refractivity contribution in [3.8, 4) is 11.5 Å². The van der Waals surface area contributed by atoms with Crippen molar-refractivity contribution in [3.05, 3.63) is 24.5 Å². The Balaban J connectivity index is 1.54. The number of carbonyl (C=O) groups is 1. The van der Waals surface area contributed by atoms with Crippen molar-refractivity contribution < 1.29 is 18.4 Å². The summed E-state index contributed by atoms with van der Waals surface area (Å²) in [6.45, 7) is 4.25. The Bertz CT molecular complexity index is 600. The number of ether oxygens (including phenoxy) is 1. The van der Waals surface area contributed by atoms with Crippen LogP contribution in [0.15, 0.2) is 27.4 Å². The molecule has 0 radical (unpaired) electrons. The molecule has 1 aliphatic heterocycles. The lowest BCUT2D eigenvalue weighted by atomic mass is 9.97. The predicted octanol–water partition coefficient (Wildman–Crippen LogP) is 2.07. The van der Waals surface area contributed by atoms with E-state index in [4.69, 9.17) is 13.6 Å². The first-order valence-electron chi connectivity index (χ1n) is 7.50. The zero-order valence-corrected chi connectivity index (χ0v) is 12.5. The Labute approximate surface area is 128 Å². The highest BCUT2D eigenvalue weighted by atomic mass is 16.5. The third-order valence-electron chi connectivity index (χ3n) is 3.80. The number of aromatic nitrogens is 2. The maximum absolute atomic E-state index is 11.5. The van der Waals surface area contributed by atoms with Crippen molar-refractivity contribution in [2.45, 2.75) is 25.7 Å². The predicted molar refractivity (Wildman–Crippen MR) is 77.0 cm³/mol. The summed E-state index contributed by atoms with van der Waals surface area (Å²) < 4.78 is 15.7. The van der Waals surface area contributed by atoms with E-state index >= 15 is 0 Å². The summed E-state index contributed by atoms with van der Waals surface area (Å²) in [7, 11) is 0. The number of nitrogens with zero attached hydrogens (tertiary/aromatic N) is 3. The van der Waals surface area contributed by atoms with Gasteiger partial charge in [-0.2, -0.15) is 0 Å². The van der Waals surface area contributed by atoms with E-state index in [2.05, 4.69) is 15.1 Å². The van der Waals surface area contributed by atoms with Gasteiger partial charge in [0, 0.05) is 5.92 Å². The van der Waals surface area contributed by atoms with Crippen molar-refractivity contribution in [1.82, 2.24) is 15.1 Å². The van der Waals surface area contributed by atoms with Gasteiger partial charge in [-0.25, -0.2) is 0 Å². The van der Waals surface area contributed by atoms with Crippen LogP contribution in [0.4, 0.5) is 0 Å². The number of likely N-dealkylation sites (tertiary alicyclic amines) is 1. The lowest BCUT2D eigenvalue weighted by Gasteiger charge is -2.29. The van der Waals surface area contributed by atoms with Gasteiger partial charge in [0.25, 0.3) is 5.89 Å². The maximum atomic E-state index is 11.5. The standard InChI is InChI=1S/C15H19N3O4/c1-2-21-13(19)9-18-6-3-11(4-7-18)14-16-17-15(22-14)12-5-8-20-10-12/h5,8,10-11H,2-4,6-7,9H2,1H3. The molecule has 118 valence electrons. The van der Waals surface area contributed by atoms with Gasteiger partial charge < -0.3 is 13.6 Å². The fraction of sp³-hybridized carbons (Fsp3) is 0.533. The molecular formula is C15H19N3O4. The molecule has 0 N–H and O–H groups in total. The number of hydrogen-bond acceptors (Lipinski definition) is 7. The van der Waals surface area contributed by atoms with E-state index in [0.29, 0.717) is 24.9 Å². The highest BCUT2D eigenvalue weighted by Crippen LogP contribution is 2.29. The summed E-state index contributed by atoms with van der Waals surface area (Å²) in [4.78, 5) is 13.6. The Morgan fingerprint density at radius 1 is 1.41 bits per heavy atom. The van der Waals surface area contributed by atoms with Gasteiger partial charge in [0.1, 0.15) is 6.26 Å². The molecule has 7 nitrogen and oxygen atoms in total. The molecule has 0 aliphatic carbocycles. The molecule has 0 atom stereocenters. The van der Waals surface area contributed by atoms with Gasteiger partial charge in [-0.3, -0.25) is 9.69 Å². The van der Waals surface area contributed by atoms with Crippen molar-refractivity contribution in [2.24, 2.45) is 0 Å². The average molecular weight is 305 g/mol. The first kappa shape index (κ1) is 14.8. The van der Waals surface area contributed by atoms with Crippen LogP contribution >= 0.6 is 0 Å². The molecule has 7 heteroatoms. The zero-order chi connectivity index (χ0) is 15.4. The lowest BCUT2D eigenvalue weighted by Crippen LogP contribution is -2.37. The van der Waals surface area contributed by atoms with Gasteiger partial charge in [0.2, 0.25) is 5.89 Å². The number of carbonyl (C=O) groups excluding carboxylic acids is 1. The minimum Gasteiger partial charge on any atom is -0.472 e. The minimum absolute atomic E-state index is 0.166. The van der Waals surface area contributed by atoms with Crippen LogP contribution in [-0.2, 0) is 9.53 Å². The first-order chi connectivity index (χ1) is 10.8. The highest BCUT2D eigenvalue weighted by molar-refractivity contribution is 5.71. The second kappa shape index (κ2) is 6.74. The summed E-state index contributed by atoms with van der Waals surface area (Å²) in [6, 6.07) is 1.79. The third kappa shape index (κ3) is 3.36. The number of esters is 1. The van der Waals surface area contributed by atoms with Crippen LogP contribution in [0.2, 0.25) is 0 Å². The van der Waals surface area contributed by atoms with Gasteiger partial charge in [-0.15, -0.1) is 10.2 Å². The minimum atomic E-state index is -0.166. The molecule has 2 aromatic rings. The Hall–Kier alpha value is -2.15. The molecule has 0 unspecified atom stereocenters. The van der Waals surface area contributed by atoms with E-state index in [1.807, 2.05) is 6.92 Å². The highest BCUT2D eigenvalue weighted by Gasteiger charge is 2.26. The van der Waals surface area contributed by atoms with E-state index < -0.39 is 0 Å². The molecule has 0 bridgehead atoms. The topological polar surface area (TPSA) is 81.6 Å². The fourth-order valence-corrected chi connectivity index (χ4v) is 2.63. The maximum Gasteiger partial charge on any atom is 0.320 e. The second-order valence-electron chi connectivity index (χ2n) is 5.31. The molecule has 1 fully saturated rings. The summed E-state index contributed by atoms with van der Waals surface area (Å²) in [6.07, 6.45) is 4.95. The van der Waals surface area contributed by atoms with E-state index in [0.717, 1.165) is 31.5 Å². The molecule has 0 saturated carbocycles. The Morgan fingerprint density at radius 2 is 2.23 bits per heavy atom. The molecule has 0 spiro atoms. The molecular weight excluding hydrogens is 286 g/mol. The van der Waals surface area contributed by atoms with E-state index in [1.54, 1.807) is 18.6 Å². The van der Waals surface area contributed by atoms with Crippen molar-refractivity contribution in [3.63, 3.8) is 0 Å². The Kier molecular flexibility index (Phi) is 4.53. The summed E-state index contributed by atoms with van der Waals surface area (Å²) >= 11 is 0. The lowest BCUT2D eigenvalue weighted by molar-refractivity contribution is -0.144. The van der Waals surface area contributed by atoms with Crippen molar-refractivity contribution in [2.75, 3.05) is 26.2 Å². The van der Waals surface area contributed by atoms with E-state index in [1.165, 1.54) is 0 Å². The second-order valence-corrected chi connectivity index (χ2v) is 5.31. The van der Waals surface area contributed by atoms with Crippen LogP contribution in [-0.4, -0.2) is 47.3 Å². The van der Waals surface area contributed by atoms with Crippen LogP contribution < -0.4 is 0 Å². The third-order valence-corrected chi connectivity index (χ3v) is 3.80. The van der Waals surface area contributed by atoms with E-state index in [9.17, 15) is 4.79 Å². The molecule has 1 aliphatic rings. The van der Waals surface area contributed by atoms with Crippen LogP contribution in [0.5, 0.6) is 0 Å². The number of piperidine rings is 1. The monoisotopic (exact) mass is 305 g/mol. The van der Waals surface area contributed by atoms with Crippen molar-refractivity contribution in [1.29, 1.82) is 0 Å². The quantitative estimate of drug-likeness (QED) is 0.782. The fourth-order valence-electron chi connectivity index (χ4n) is 2.63. The summed E-state index contributed by atoms with van der Waals surface area (Å²) in [5.74, 6) is 1.22. The smallest absolute Gasteiger partial charge is 0.320 e.